The van der Waals surface area contributed by atoms with Crippen LogP contribution < -0.4 is 10.6 Å². The lowest BCUT2D eigenvalue weighted by Crippen LogP contribution is -2.52. The maximum atomic E-state index is 5.88. The fourth-order valence-electron chi connectivity index (χ4n) is 2.37. The Bertz CT molecular complexity index is 444. The average molecular weight is 265 g/mol. The van der Waals surface area contributed by atoms with Gasteiger partial charge in [-0.3, -0.25) is 4.98 Å². The van der Waals surface area contributed by atoms with Gasteiger partial charge in [0.25, 0.3) is 0 Å². The maximum absolute atomic E-state index is 5.88. The maximum Gasteiger partial charge on any atom is 0.122 e. The van der Waals surface area contributed by atoms with Crippen molar-refractivity contribution >= 4 is 22.9 Å². The van der Waals surface area contributed by atoms with Gasteiger partial charge in [0, 0.05) is 13.1 Å². The first-order valence-electron chi connectivity index (χ1n) is 6.06. The first kappa shape index (κ1) is 13.2. The minimum Gasteiger partial charge on any atom is -0.388 e. The highest BCUT2D eigenvalue weighted by molar-refractivity contribution is 7.80. The molecule has 1 saturated heterocycles. The lowest BCUT2D eigenvalue weighted by Gasteiger charge is -2.42. The predicted molar refractivity (Wildman–Crippen MR) is 77.0 cm³/mol. The van der Waals surface area contributed by atoms with Crippen LogP contribution in [0, 0.1) is 0 Å². The Kier molecular flexibility index (Phi) is 3.54. The van der Waals surface area contributed by atoms with Gasteiger partial charge in [-0.05, 0) is 32.9 Å². The monoisotopic (exact) mass is 265 g/mol. The van der Waals surface area contributed by atoms with Gasteiger partial charge in [0.15, 0.2) is 0 Å². The third-order valence-corrected chi connectivity index (χ3v) is 3.14. The first-order valence-corrected chi connectivity index (χ1v) is 6.47. The van der Waals surface area contributed by atoms with Gasteiger partial charge >= 0.3 is 0 Å². The van der Waals surface area contributed by atoms with E-state index in [9.17, 15) is 0 Å². The van der Waals surface area contributed by atoms with E-state index in [0.29, 0.717) is 10.7 Å². The van der Waals surface area contributed by atoms with Gasteiger partial charge in [0.05, 0.1) is 29.3 Å². The third kappa shape index (κ3) is 2.97. The van der Waals surface area contributed by atoms with E-state index in [0.717, 1.165) is 18.8 Å². The molecule has 1 aromatic rings. The molecule has 0 aliphatic carbocycles. The average Bonchev–Trinajstić information content (AvgIpc) is 2.26. The molecule has 98 valence electrons. The van der Waals surface area contributed by atoms with Crippen molar-refractivity contribution in [2.75, 3.05) is 18.0 Å². The van der Waals surface area contributed by atoms with Crippen LogP contribution in [-0.2, 0) is 4.74 Å². The van der Waals surface area contributed by atoms with Gasteiger partial charge in [-0.2, -0.15) is 0 Å². The largest absolute Gasteiger partial charge is 0.388 e. The van der Waals surface area contributed by atoms with Crippen molar-refractivity contribution in [1.29, 1.82) is 0 Å². The summed E-state index contributed by atoms with van der Waals surface area (Å²) >= 11 is 4.90. The highest BCUT2D eigenvalue weighted by atomic mass is 32.1. The van der Waals surface area contributed by atoms with Gasteiger partial charge in [0.2, 0.25) is 0 Å². The Labute approximate surface area is 113 Å². The van der Waals surface area contributed by atoms with Crippen LogP contribution in [0.5, 0.6) is 0 Å². The molecule has 0 aromatic carbocycles. The minimum absolute atomic E-state index is 0.139. The Balaban J connectivity index is 2.18. The molecule has 0 radical (unpaired) electrons. The number of ether oxygens (including phenoxy) is 1. The summed E-state index contributed by atoms with van der Waals surface area (Å²) in [5, 5.41) is 0. The molecule has 1 unspecified atom stereocenters. The summed E-state index contributed by atoms with van der Waals surface area (Å²) < 4.78 is 5.88. The summed E-state index contributed by atoms with van der Waals surface area (Å²) in [7, 11) is 0. The number of nitrogens with zero attached hydrogens (tertiary/aromatic N) is 2. The summed E-state index contributed by atoms with van der Waals surface area (Å²) in [6.45, 7) is 8.02. The number of thiocarbonyl (C=S) groups is 1. The zero-order valence-corrected chi connectivity index (χ0v) is 11.8. The zero-order chi connectivity index (χ0) is 13.3. The molecule has 1 aliphatic heterocycles. The lowest BCUT2D eigenvalue weighted by molar-refractivity contribution is -0.0749. The van der Waals surface area contributed by atoms with Crippen molar-refractivity contribution in [3.8, 4) is 0 Å². The molecule has 1 fully saturated rings. The Morgan fingerprint density at radius 2 is 2.28 bits per heavy atom. The van der Waals surface area contributed by atoms with E-state index in [1.807, 2.05) is 18.3 Å². The van der Waals surface area contributed by atoms with Gasteiger partial charge in [-0.15, -0.1) is 0 Å². The van der Waals surface area contributed by atoms with E-state index < -0.39 is 0 Å². The molecule has 0 bridgehead atoms. The summed E-state index contributed by atoms with van der Waals surface area (Å²) in [5.74, 6) is 0. The summed E-state index contributed by atoms with van der Waals surface area (Å²) in [6.07, 6.45) is 2.03. The van der Waals surface area contributed by atoms with Crippen LogP contribution in [0.15, 0.2) is 18.3 Å². The van der Waals surface area contributed by atoms with Gasteiger partial charge in [-0.25, -0.2) is 0 Å². The second kappa shape index (κ2) is 4.82. The molecule has 2 heterocycles. The number of aromatic nitrogens is 1. The van der Waals surface area contributed by atoms with Crippen LogP contribution in [0.3, 0.4) is 0 Å². The first-order chi connectivity index (χ1) is 8.37. The minimum atomic E-state index is -0.139. The van der Waals surface area contributed by atoms with E-state index in [2.05, 4.69) is 30.7 Å². The fourth-order valence-corrected chi connectivity index (χ4v) is 2.49. The van der Waals surface area contributed by atoms with Crippen LogP contribution in [0.4, 0.5) is 5.69 Å². The molecule has 1 aromatic heterocycles. The summed E-state index contributed by atoms with van der Waals surface area (Å²) in [6, 6.07) is 3.88. The van der Waals surface area contributed by atoms with Crippen molar-refractivity contribution in [1.82, 2.24) is 4.98 Å². The number of pyridine rings is 1. The molecular weight excluding hydrogens is 246 g/mol. The molecule has 0 amide bonds. The fraction of sp³-hybridized carbons (Fsp3) is 0.538. The van der Waals surface area contributed by atoms with Gasteiger partial charge < -0.3 is 15.4 Å². The van der Waals surface area contributed by atoms with Crippen LogP contribution >= 0.6 is 12.2 Å². The number of anilines is 1. The van der Waals surface area contributed by atoms with E-state index in [1.165, 1.54) is 0 Å². The lowest BCUT2D eigenvalue weighted by atomic mass is 10.1. The highest BCUT2D eigenvalue weighted by Crippen LogP contribution is 2.25. The molecule has 2 rings (SSSR count). The molecule has 18 heavy (non-hydrogen) atoms. The van der Waals surface area contributed by atoms with Crippen molar-refractivity contribution in [2.24, 2.45) is 5.73 Å². The second-order valence-electron chi connectivity index (χ2n) is 5.33. The molecular formula is C13H19N3OS. The number of hydrogen-bond acceptors (Lipinski definition) is 4. The number of rotatable bonds is 2. The van der Waals surface area contributed by atoms with E-state index in [-0.39, 0.29) is 11.7 Å². The molecule has 0 spiro atoms. The number of morpholine rings is 1. The van der Waals surface area contributed by atoms with Crippen LogP contribution in [0.25, 0.3) is 0 Å². The standard InChI is InChI=1S/C13H19N3OS/c1-9-7-16(8-13(2,3)17-9)10-4-5-11(12(14)18)15-6-10/h4-6,9H,7-8H2,1-3H3,(H2,14,18). The SMILES string of the molecule is CC1CN(c2ccc(C(N)=S)nc2)CC(C)(C)O1. The van der Waals surface area contributed by atoms with E-state index in [4.69, 9.17) is 22.7 Å². The number of nitrogens with two attached hydrogens (primary N) is 1. The quantitative estimate of drug-likeness (QED) is 0.825. The van der Waals surface area contributed by atoms with E-state index >= 15 is 0 Å². The predicted octanol–water partition coefficient (Wildman–Crippen LogP) is 1.72. The molecule has 1 aliphatic rings. The van der Waals surface area contributed by atoms with Gasteiger partial charge in [0.1, 0.15) is 4.99 Å². The van der Waals surface area contributed by atoms with Crippen molar-refractivity contribution < 1.29 is 4.74 Å². The molecule has 2 N–H and O–H groups in total. The van der Waals surface area contributed by atoms with Crippen molar-refractivity contribution in [2.45, 2.75) is 32.5 Å². The van der Waals surface area contributed by atoms with Crippen LogP contribution in [0.1, 0.15) is 26.5 Å². The smallest absolute Gasteiger partial charge is 0.122 e. The molecule has 1 atom stereocenters. The Morgan fingerprint density at radius 3 is 2.78 bits per heavy atom. The highest BCUT2D eigenvalue weighted by Gasteiger charge is 2.31. The summed E-state index contributed by atoms with van der Waals surface area (Å²) in [4.78, 5) is 6.89. The van der Waals surface area contributed by atoms with Crippen molar-refractivity contribution in [3.63, 3.8) is 0 Å². The van der Waals surface area contributed by atoms with E-state index in [1.54, 1.807) is 0 Å². The van der Waals surface area contributed by atoms with Crippen molar-refractivity contribution in [3.05, 3.63) is 24.0 Å². The Morgan fingerprint density at radius 1 is 1.56 bits per heavy atom. The summed E-state index contributed by atoms with van der Waals surface area (Å²) in [5.41, 5.74) is 7.15. The van der Waals surface area contributed by atoms with Crippen LogP contribution in [-0.4, -0.2) is 34.8 Å². The second-order valence-corrected chi connectivity index (χ2v) is 5.77. The zero-order valence-electron chi connectivity index (χ0n) is 11.0. The normalized spacial score (nSPS) is 22.8. The van der Waals surface area contributed by atoms with Crippen LogP contribution in [0.2, 0.25) is 0 Å². The molecule has 0 saturated carbocycles. The third-order valence-electron chi connectivity index (χ3n) is 2.93. The Hall–Kier alpha value is -1.20. The molecule has 5 heteroatoms. The topological polar surface area (TPSA) is 51.4 Å². The number of hydrogen-bond donors (Lipinski definition) is 1. The molecule has 4 nitrogen and oxygen atoms in total. The van der Waals surface area contributed by atoms with Gasteiger partial charge in [-0.1, -0.05) is 12.2 Å².